The number of imidazole rings is 1. The minimum Gasteiger partial charge on any atom is -0.458 e. The third-order valence-corrected chi connectivity index (χ3v) is 3.13. The van der Waals surface area contributed by atoms with Crippen molar-refractivity contribution in [3.63, 3.8) is 0 Å². The number of nitrogens with zero attached hydrogens (tertiary/aromatic N) is 3. The van der Waals surface area contributed by atoms with Crippen LogP contribution in [0.3, 0.4) is 0 Å². The Morgan fingerprint density at radius 1 is 1.22 bits per heavy atom. The lowest BCUT2D eigenvalue weighted by molar-refractivity contribution is -0.396. The SMILES string of the molecule is CC(C)(C)OC(=O)N[C@@H](CCCn1ccnc1[N+](=O)[O-])C(=O)OC(C)(C)C. The van der Waals surface area contributed by atoms with E-state index in [0.717, 1.165) is 0 Å². The summed E-state index contributed by atoms with van der Waals surface area (Å²) < 4.78 is 11.9. The van der Waals surface area contributed by atoms with Crippen molar-refractivity contribution in [3.8, 4) is 0 Å². The fourth-order valence-electron chi connectivity index (χ4n) is 2.19. The monoisotopic (exact) mass is 384 g/mol. The number of hydrogen-bond donors (Lipinski definition) is 1. The molecule has 1 aromatic heterocycles. The van der Waals surface area contributed by atoms with E-state index in [2.05, 4.69) is 10.3 Å². The van der Waals surface area contributed by atoms with Crippen LogP contribution in [-0.2, 0) is 20.8 Å². The number of amides is 1. The van der Waals surface area contributed by atoms with Crippen LogP contribution >= 0.6 is 0 Å². The van der Waals surface area contributed by atoms with E-state index >= 15 is 0 Å². The Kier molecular flexibility index (Phi) is 7.32. The second-order valence-electron chi connectivity index (χ2n) is 8.05. The van der Waals surface area contributed by atoms with Crippen LogP contribution in [0.1, 0.15) is 54.4 Å². The van der Waals surface area contributed by atoms with Crippen LogP contribution in [-0.4, -0.2) is 43.8 Å². The molecular formula is C17H28N4O6. The van der Waals surface area contributed by atoms with Crippen LogP contribution in [0.15, 0.2) is 12.4 Å². The average molecular weight is 384 g/mol. The average Bonchev–Trinajstić information content (AvgIpc) is 2.90. The van der Waals surface area contributed by atoms with E-state index in [4.69, 9.17) is 9.47 Å². The van der Waals surface area contributed by atoms with Crippen LogP contribution in [0.4, 0.5) is 10.7 Å². The number of aromatic nitrogens is 2. The second-order valence-corrected chi connectivity index (χ2v) is 8.05. The molecule has 10 nitrogen and oxygen atoms in total. The molecule has 0 aliphatic heterocycles. The summed E-state index contributed by atoms with van der Waals surface area (Å²) in [4.78, 5) is 38.4. The maximum Gasteiger partial charge on any atom is 0.434 e. The van der Waals surface area contributed by atoms with Gasteiger partial charge in [0.25, 0.3) is 0 Å². The Hall–Kier alpha value is -2.65. The molecule has 0 bridgehead atoms. The fourth-order valence-corrected chi connectivity index (χ4v) is 2.19. The number of ether oxygens (including phenoxy) is 2. The molecule has 0 spiro atoms. The van der Waals surface area contributed by atoms with Crippen LogP contribution in [0.2, 0.25) is 0 Å². The summed E-state index contributed by atoms with van der Waals surface area (Å²) >= 11 is 0. The van der Waals surface area contributed by atoms with Gasteiger partial charge in [0.1, 0.15) is 29.6 Å². The van der Waals surface area contributed by atoms with E-state index in [1.54, 1.807) is 41.5 Å². The smallest absolute Gasteiger partial charge is 0.434 e. The Bertz CT molecular complexity index is 672. The molecule has 1 aromatic rings. The van der Waals surface area contributed by atoms with Gasteiger partial charge in [-0.05, 0) is 59.3 Å². The van der Waals surface area contributed by atoms with Crippen LogP contribution < -0.4 is 5.32 Å². The van der Waals surface area contributed by atoms with Crippen molar-refractivity contribution in [2.24, 2.45) is 0 Å². The molecule has 1 amide bonds. The van der Waals surface area contributed by atoms with Gasteiger partial charge in [-0.2, -0.15) is 0 Å². The van der Waals surface area contributed by atoms with E-state index in [1.807, 2.05) is 0 Å². The van der Waals surface area contributed by atoms with Crippen molar-refractivity contribution in [1.29, 1.82) is 0 Å². The van der Waals surface area contributed by atoms with Gasteiger partial charge in [0.15, 0.2) is 0 Å². The predicted octanol–water partition coefficient (Wildman–Crippen LogP) is 2.81. The van der Waals surface area contributed by atoms with Crippen molar-refractivity contribution in [2.75, 3.05) is 0 Å². The van der Waals surface area contributed by atoms with Crippen molar-refractivity contribution >= 4 is 18.0 Å². The maximum atomic E-state index is 12.4. The van der Waals surface area contributed by atoms with Gasteiger partial charge in [-0.3, -0.25) is 0 Å². The number of rotatable bonds is 7. The molecule has 0 aliphatic carbocycles. The van der Waals surface area contributed by atoms with E-state index in [0.29, 0.717) is 6.42 Å². The van der Waals surface area contributed by atoms with Gasteiger partial charge in [-0.1, -0.05) is 4.98 Å². The molecule has 0 aromatic carbocycles. The lowest BCUT2D eigenvalue weighted by Crippen LogP contribution is -2.46. The minimum absolute atomic E-state index is 0.226. The van der Waals surface area contributed by atoms with Gasteiger partial charge in [-0.15, -0.1) is 0 Å². The molecule has 27 heavy (non-hydrogen) atoms. The van der Waals surface area contributed by atoms with Gasteiger partial charge >= 0.3 is 18.0 Å². The number of carbonyl (C=O) groups is 2. The zero-order valence-electron chi connectivity index (χ0n) is 16.6. The summed E-state index contributed by atoms with van der Waals surface area (Å²) in [6, 6.07) is -0.929. The van der Waals surface area contributed by atoms with Crippen molar-refractivity contribution < 1.29 is 24.0 Å². The molecule has 0 saturated heterocycles. The van der Waals surface area contributed by atoms with Gasteiger partial charge in [0.05, 0.1) is 6.54 Å². The summed E-state index contributed by atoms with van der Waals surface area (Å²) in [5.41, 5.74) is -1.42. The Balaban J connectivity index is 2.75. The number of nitro groups is 1. The predicted molar refractivity (Wildman–Crippen MR) is 97.1 cm³/mol. The number of nitrogens with one attached hydrogen (secondary N) is 1. The Morgan fingerprint density at radius 3 is 2.33 bits per heavy atom. The summed E-state index contributed by atoms with van der Waals surface area (Å²) in [5.74, 6) is -0.864. The Morgan fingerprint density at radius 2 is 1.81 bits per heavy atom. The second kappa shape index (κ2) is 8.83. The van der Waals surface area contributed by atoms with Crippen LogP contribution in [0.5, 0.6) is 0 Å². The lowest BCUT2D eigenvalue weighted by atomic mass is 10.1. The Labute approximate surface area is 158 Å². The van der Waals surface area contributed by atoms with Gasteiger partial charge in [-0.25, -0.2) is 14.2 Å². The van der Waals surface area contributed by atoms with Crippen LogP contribution in [0, 0.1) is 10.1 Å². The number of alkyl carbamates (subject to hydrolysis) is 1. The minimum atomic E-state index is -0.929. The largest absolute Gasteiger partial charge is 0.458 e. The summed E-state index contributed by atoms with van der Waals surface area (Å²) in [6.45, 7) is 10.6. The first kappa shape index (κ1) is 22.4. The normalized spacial score (nSPS) is 13.0. The first-order valence-electron chi connectivity index (χ1n) is 8.66. The molecule has 1 atom stereocenters. The highest BCUT2D eigenvalue weighted by Crippen LogP contribution is 2.14. The highest BCUT2D eigenvalue weighted by atomic mass is 16.6. The third-order valence-electron chi connectivity index (χ3n) is 3.13. The van der Waals surface area contributed by atoms with Crippen molar-refractivity contribution in [3.05, 3.63) is 22.5 Å². The molecule has 0 fully saturated rings. The van der Waals surface area contributed by atoms with E-state index < -0.39 is 34.2 Å². The lowest BCUT2D eigenvalue weighted by Gasteiger charge is -2.26. The summed E-state index contributed by atoms with van der Waals surface area (Å²) in [7, 11) is 0. The van der Waals surface area contributed by atoms with Gasteiger partial charge in [0.2, 0.25) is 0 Å². The summed E-state index contributed by atoms with van der Waals surface area (Å²) in [5, 5.41) is 13.4. The molecule has 10 heteroatoms. The molecule has 1 N–H and O–H groups in total. The fraction of sp³-hybridized carbons (Fsp3) is 0.706. The highest BCUT2D eigenvalue weighted by molar-refractivity contribution is 5.81. The first-order chi connectivity index (χ1) is 12.3. The van der Waals surface area contributed by atoms with E-state index in [9.17, 15) is 19.7 Å². The molecule has 0 saturated carbocycles. The quantitative estimate of drug-likeness (QED) is 0.435. The molecule has 1 heterocycles. The number of aryl methyl sites for hydroxylation is 1. The maximum absolute atomic E-state index is 12.4. The zero-order chi connectivity index (χ0) is 20.8. The topological polar surface area (TPSA) is 126 Å². The summed E-state index contributed by atoms with van der Waals surface area (Å²) in [6.07, 6.45) is 2.71. The van der Waals surface area contributed by atoms with Gasteiger partial charge in [0, 0.05) is 0 Å². The molecule has 0 unspecified atom stereocenters. The van der Waals surface area contributed by atoms with Crippen molar-refractivity contribution in [1.82, 2.24) is 14.9 Å². The molecule has 0 aliphatic rings. The van der Waals surface area contributed by atoms with Gasteiger partial charge < -0.3 is 24.9 Å². The number of esters is 1. The third kappa shape index (κ3) is 8.52. The van der Waals surface area contributed by atoms with Crippen LogP contribution in [0.25, 0.3) is 0 Å². The van der Waals surface area contributed by atoms with E-state index in [1.165, 1.54) is 17.0 Å². The molecule has 0 radical (unpaired) electrons. The number of carbonyl (C=O) groups excluding carboxylic acids is 2. The first-order valence-corrected chi connectivity index (χ1v) is 8.66. The number of hydrogen-bond acceptors (Lipinski definition) is 7. The molecular weight excluding hydrogens is 356 g/mol. The highest BCUT2D eigenvalue weighted by Gasteiger charge is 2.28. The molecule has 152 valence electrons. The van der Waals surface area contributed by atoms with Crippen molar-refractivity contribution in [2.45, 2.75) is 78.2 Å². The van der Waals surface area contributed by atoms with E-state index in [-0.39, 0.29) is 18.9 Å². The standard InChI is InChI=1S/C17H28N4O6/c1-16(2,3)26-13(22)12(19-15(23)27-17(4,5)6)8-7-10-20-11-9-18-14(20)21(24)25/h9,11-12H,7-8,10H2,1-6H3,(H,19,23)/t12-/m0/s1. The zero-order valence-corrected chi connectivity index (χ0v) is 16.6. The molecule has 1 rings (SSSR count).